The van der Waals surface area contributed by atoms with Crippen LogP contribution >= 0.6 is 0 Å². The zero-order chi connectivity index (χ0) is 7.07. The number of hydrogen-bond acceptors (Lipinski definition) is 2. The van der Waals surface area contributed by atoms with Crippen molar-refractivity contribution in [1.29, 1.82) is 0 Å². The molecular formula is C7H15NO. The molecule has 3 N–H and O–H groups in total. The fourth-order valence-corrected chi connectivity index (χ4v) is 1.33. The molecule has 0 amide bonds. The lowest BCUT2D eigenvalue weighted by Gasteiger charge is -2.26. The summed E-state index contributed by atoms with van der Waals surface area (Å²) in [5.74, 6) is 0. The number of rotatable bonds is 0. The Labute approximate surface area is 56.1 Å². The first kappa shape index (κ1) is 7.03. The zero-order valence-electron chi connectivity index (χ0n) is 6.09. The van der Waals surface area contributed by atoms with E-state index in [4.69, 9.17) is 5.73 Å². The smallest absolute Gasteiger partial charge is 0.0606 e. The van der Waals surface area contributed by atoms with Gasteiger partial charge in [0.25, 0.3) is 0 Å². The van der Waals surface area contributed by atoms with Crippen molar-refractivity contribution in [2.24, 2.45) is 11.1 Å². The second-order valence-electron chi connectivity index (χ2n) is 3.52. The summed E-state index contributed by atoms with van der Waals surface area (Å²) in [6.07, 6.45) is 1.65. The molecule has 0 aromatic rings. The van der Waals surface area contributed by atoms with Gasteiger partial charge in [-0.2, -0.15) is 0 Å². The highest BCUT2D eigenvalue weighted by atomic mass is 16.3. The van der Waals surface area contributed by atoms with E-state index in [1.54, 1.807) is 0 Å². The van der Waals surface area contributed by atoms with E-state index >= 15 is 0 Å². The van der Waals surface area contributed by atoms with Crippen molar-refractivity contribution in [3.05, 3.63) is 0 Å². The Kier molecular flexibility index (Phi) is 1.53. The SMILES string of the molecule is CC1(C)[C@@H](N)CC[C@@H]1O. The third kappa shape index (κ3) is 0.970. The fraction of sp³-hybridized carbons (Fsp3) is 1.00. The lowest BCUT2D eigenvalue weighted by Crippen LogP contribution is -2.38. The first-order valence-electron chi connectivity index (χ1n) is 3.49. The van der Waals surface area contributed by atoms with Gasteiger partial charge >= 0.3 is 0 Å². The molecule has 1 aliphatic rings. The van der Waals surface area contributed by atoms with E-state index in [0.717, 1.165) is 12.8 Å². The minimum atomic E-state index is -0.188. The molecule has 54 valence electrons. The van der Waals surface area contributed by atoms with Crippen molar-refractivity contribution < 1.29 is 5.11 Å². The summed E-state index contributed by atoms with van der Waals surface area (Å²) in [7, 11) is 0. The average molecular weight is 129 g/mol. The summed E-state index contributed by atoms with van der Waals surface area (Å²) in [4.78, 5) is 0. The molecule has 1 aliphatic carbocycles. The van der Waals surface area contributed by atoms with Gasteiger partial charge in [-0.25, -0.2) is 0 Å². The van der Waals surface area contributed by atoms with E-state index in [9.17, 15) is 5.11 Å². The molecule has 2 nitrogen and oxygen atoms in total. The summed E-state index contributed by atoms with van der Waals surface area (Å²) < 4.78 is 0. The van der Waals surface area contributed by atoms with Crippen LogP contribution in [0, 0.1) is 5.41 Å². The second-order valence-corrected chi connectivity index (χ2v) is 3.52. The highest BCUT2D eigenvalue weighted by molar-refractivity contribution is 4.94. The number of hydrogen-bond donors (Lipinski definition) is 2. The van der Waals surface area contributed by atoms with Crippen molar-refractivity contribution in [2.45, 2.75) is 38.8 Å². The van der Waals surface area contributed by atoms with E-state index in [1.165, 1.54) is 0 Å². The molecule has 2 heteroatoms. The predicted octanol–water partition coefficient (Wildman–Crippen LogP) is 0.495. The Morgan fingerprint density at radius 3 is 2.11 bits per heavy atom. The standard InChI is InChI=1S/C7H15NO/c1-7(2)5(8)3-4-6(7)9/h5-6,9H,3-4,8H2,1-2H3/t5-,6-/m0/s1. The quantitative estimate of drug-likeness (QED) is 0.500. The maximum Gasteiger partial charge on any atom is 0.0606 e. The molecule has 0 aromatic carbocycles. The Morgan fingerprint density at radius 1 is 1.44 bits per heavy atom. The van der Waals surface area contributed by atoms with E-state index in [2.05, 4.69) is 0 Å². The van der Waals surface area contributed by atoms with Gasteiger partial charge < -0.3 is 10.8 Å². The Morgan fingerprint density at radius 2 is 2.00 bits per heavy atom. The van der Waals surface area contributed by atoms with Crippen molar-refractivity contribution in [3.63, 3.8) is 0 Å². The van der Waals surface area contributed by atoms with E-state index in [-0.39, 0.29) is 17.6 Å². The molecule has 0 aliphatic heterocycles. The topological polar surface area (TPSA) is 46.2 Å². The zero-order valence-corrected chi connectivity index (χ0v) is 6.09. The summed E-state index contributed by atoms with van der Waals surface area (Å²) in [5.41, 5.74) is 5.69. The van der Waals surface area contributed by atoms with Crippen molar-refractivity contribution in [1.82, 2.24) is 0 Å². The van der Waals surface area contributed by atoms with Gasteiger partial charge in [0.1, 0.15) is 0 Å². The van der Waals surface area contributed by atoms with Crippen LogP contribution in [0.1, 0.15) is 26.7 Å². The minimum absolute atomic E-state index is 0.0556. The van der Waals surface area contributed by atoms with Gasteiger partial charge in [-0.3, -0.25) is 0 Å². The van der Waals surface area contributed by atoms with Crippen LogP contribution < -0.4 is 5.73 Å². The molecule has 0 unspecified atom stereocenters. The van der Waals surface area contributed by atoms with Crippen LogP contribution in [0.2, 0.25) is 0 Å². The molecule has 9 heavy (non-hydrogen) atoms. The van der Waals surface area contributed by atoms with Crippen LogP contribution in [0.25, 0.3) is 0 Å². The van der Waals surface area contributed by atoms with E-state index < -0.39 is 0 Å². The first-order chi connectivity index (χ1) is 4.05. The van der Waals surface area contributed by atoms with Gasteiger partial charge in [-0.05, 0) is 12.8 Å². The largest absolute Gasteiger partial charge is 0.393 e. The van der Waals surface area contributed by atoms with Gasteiger partial charge in [0, 0.05) is 11.5 Å². The Hall–Kier alpha value is -0.0800. The maximum absolute atomic E-state index is 9.35. The van der Waals surface area contributed by atoms with Crippen molar-refractivity contribution in [2.75, 3.05) is 0 Å². The van der Waals surface area contributed by atoms with Crippen molar-refractivity contribution >= 4 is 0 Å². The summed E-state index contributed by atoms with van der Waals surface area (Å²) >= 11 is 0. The van der Waals surface area contributed by atoms with Crippen LogP contribution in [-0.2, 0) is 0 Å². The molecule has 0 heterocycles. The highest BCUT2D eigenvalue weighted by Crippen LogP contribution is 2.35. The molecule has 0 aromatic heterocycles. The molecule has 0 bridgehead atoms. The minimum Gasteiger partial charge on any atom is -0.393 e. The van der Waals surface area contributed by atoms with Crippen LogP contribution in [0.3, 0.4) is 0 Å². The normalized spacial score (nSPS) is 41.3. The third-order valence-electron chi connectivity index (χ3n) is 2.57. The summed E-state index contributed by atoms with van der Waals surface area (Å²) in [6.45, 7) is 4.05. The molecular weight excluding hydrogens is 114 g/mol. The third-order valence-corrected chi connectivity index (χ3v) is 2.57. The number of aliphatic hydroxyl groups is 1. The molecule has 0 saturated heterocycles. The van der Waals surface area contributed by atoms with Gasteiger partial charge in [0.2, 0.25) is 0 Å². The average Bonchev–Trinajstić information content (AvgIpc) is 1.96. The Balaban J connectivity index is 2.66. The van der Waals surface area contributed by atoms with Gasteiger partial charge in [0.05, 0.1) is 6.10 Å². The van der Waals surface area contributed by atoms with Gasteiger partial charge in [0.15, 0.2) is 0 Å². The van der Waals surface area contributed by atoms with Crippen LogP contribution in [-0.4, -0.2) is 17.3 Å². The summed E-state index contributed by atoms with van der Waals surface area (Å²) in [5, 5.41) is 9.35. The summed E-state index contributed by atoms with van der Waals surface area (Å²) in [6, 6.07) is 0.187. The first-order valence-corrected chi connectivity index (χ1v) is 3.49. The van der Waals surface area contributed by atoms with Crippen LogP contribution in [0.15, 0.2) is 0 Å². The van der Waals surface area contributed by atoms with Gasteiger partial charge in [-0.1, -0.05) is 13.8 Å². The lowest BCUT2D eigenvalue weighted by atomic mass is 9.86. The number of nitrogens with two attached hydrogens (primary N) is 1. The molecule has 1 fully saturated rings. The second kappa shape index (κ2) is 1.96. The lowest BCUT2D eigenvalue weighted by molar-refractivity contribution is 0.0718. The van der Waals surface area contributed by atoms with Gasteiger partial charge in [-0.15, -0.1) is 0 Å². The highest BCUT2D eigenvalue weighted by Gasteiger charge is 2.39. The molecule has 1 rings (SSSR count). The molecule has 2 atom stereocenters. The number of aliphatic hydroxyl groups excluding tert-OH is 1. The van der Waals surface area contributed by atoms with Crippen LogP contribution in [0.5, 0.6) is 0 Å². The van der Waals surface area contributed by atoms with Crippen LogP contribution in [0.4, 0.5) is 0 Å². The van der Waals surface area contributed by atoms with Crippen molar-refractivity contribution in [3.8, 4) is 0 Å². The molecule has 1 saturated carbocycles. The monoisotopic (exact) mass is 129 g/mol. The predicted molar refractivity (Wildman–Crippen MR) is 37.0 cm³/mol. The maximum atomic E-state index is 9.35. The molecule has 0 spiro atoms. The van der Waals surface area contributed by atoms with E-state index in [0.29, 0.717) is 0 Å². The fourth-order valence-electron chi connectivity index (χ4n) is 1.33. The van der Waals surface area contributed by atoms with E-state index in [1.807, 2.05) is 13.8 Å². The Bertz CT molecular complexity index is 99.5. The molecule has 0 radical (unpaired) electrons.